The Hall–Kier alpha value is -3.72. The van der Waals surface area contributed by atoms with Crippen LogP contribution in [-0.4, -0.2) is 16.8 Å². The van der Waals surface area contributed by atoms with Crippen LogP contribution in [0.1, 0.15) is 5.56 Å². The molecule has 2 N–H and O–H groups in total. The molecule has 0 unspecified atom stereocenters. The number of hydrogen-bond acceptors (Lipinski definition) is 4. The number of para-hydroxylation sites is 2. The van der Waals surface area contributed by atoms with Crippen molar-refractivity contribution in [2.24, 2.45) is 0 Å². The summed E-state index contributed by atoms with van der Waals surface area (Å²) in [4.78, 5) is 28.4. The first-order valence-electron chi connectivity index (χ1n) is 7.14. The lowest BCUT2D eigenvalue weighted by molar-refractivity contribution is -0.132. The van der Waals surface area contributed by atoms with Gasteiger partial charge < -0.3 is 10.6 Å². The molecule has 2 aromatic carbocycles. The third-order valence-electron chi connectivity index (χ3n) is 3.38. The number of carbonyl (C=O) groups excluding carboxylic acids is 2. The SMILES string of the molecule is N#Cc1ccccc1NC(=O)C(=O)Nc1cccc2cccnc12. The van der Waals surface area contributed by atoms with Gasteiger partial charge in [0.15, 0.2) is 0 Å². The maximum atomic E-state index is 12.1. The van der Waals surface area contributed by atoms with Gasteiger partial charge in [0.1, 0.15) is 6.07 Å². The highest BCUT2D eigenvalue weighted by Crippen LogP contribution is 2.20. The largest absolute Gasteiger partial charge is 0.317 e. The Labute approximate surface area is 137 Å². The summed E-state index contributed by atoms with van der Waals surface area (Å²) in [6.07, 6.45) is 1.61. The minimum Gasteiger partial charge on any atom is -0.317 e. The van der Waals surface area contributed by atoms with Crippen LogP contribution >= 0.6 is 0 Å². The van der Waals surface area contributed by atoms with E-state index < -0.39 is 11.8 Å². The Morgan fingerprint density at radius 2 is 1.54 bits per heavy atom. The summed E-state index contributed by atoms with van der Waals surface area (Å²) in [5, 5.41) is 14.8. The maximum absolute atomic E-state index is 12.1. The molecule has 3 aromatic rings. The predicted octanol–water partition coefficient (Wildman–Crippen LogP) is 2.68. The summed E-state index contributed by atoms with van der Waals surface area (Å²) in [7, 11) is 0. The van der Waals surface area contributed by atoms with Gasteiger partial charge in [-0.3, -0.25) is 14.6 Å². The van der Waals surface area contributed by atoms with Crippen LogP contribution in [0, 0.1) is 11.3 Å². The number of fused-ring (bicyclic) bond motifs is 1. The van der Waals surface area contributed by atoms with E-state index in [9.17, 15) is 9.59 Å². The van der Waals surface area contributed by atoms with Crippen LogP contribution in [0.25, 0.3) is 10.9 Å². The van der Waals surface area contributed by atoms with Crippen molar-refractivity contribution in [2.75, 3.05) is 10.6 Å². The molecule has 24 heavy (non-hydrogen) atoms. The van der Waals surface area contributed by atoms with Crippen molar-refractivity contribution in [1.82, 2.24) is 4.98 Å². The number of anilines is 2. The van der Waals surface area contributed by atoms with Gasteiger partial charge in [0, 0.05) is 11.6 Å². The number of nitrogens with one attached hydrogen (secondary N) is 2. The summed E-state index contributed by atoms with van der Waals surface area (Å²) >= 11 is 0. The third-order valence-corrected chi connectivity index (χ3v) is 3.38. The van der Waals surface area contributed by atoms with Gasteiger partial charge in [0.2, 0.25) is 0 Å². The number of nitrogens with zero attached hydrogens (tertiary/aromatic N) is 2. The van der Waals surface area contributed by atoms with Crippen LogP contribution in [0.4, 0.5) is 11.4 Å². The van der Waals surface area contributed by atoms with E-state index in [0.29, 0.717) is 11.2 Å². The van der Waals surface area contributed by atoms with Crippen molar-refractivity contribution in [3.8, 4) is 6.07 Å². The average Bonchev–Trinajstić information content (AvgIpc) is 2.62. The fourth-order valence-corrected chi connectivity index (χ4v) is 2.25. The molecule has 0 fully saturated rings. The van der Waals surface area contributed by atoms with Gasteiger partial charge in [-0.1, -0.05) is 30.3 Å². The van der Waals surface area contributed by atoms with Gasteiger partial charge in [-0.25, -0.2) is 0 Å². The topological polar surface area (TPSA) is 94.9 Å². The molecule has 0 bridgehead atoms. The van der Waals surface area contributed by atoms with Crippen LogP contribution in [0.2, 0.25) is 0 Å². The van der Waals surface area contributed by atoms with E-state index >= 15 is 0 Å². The molecule has 0 atom stereocenters. The zero-order valence-corrected chi connectivity index (χ0v) is 12.5. The average molecular weight is 316 g/mol. The summed E-state index contributed by atoms with van der Waals surface area (Å²) in [5.41, 5.74) is 1.61. The summed E-state index contributed by atoms with van der Waals surface area (Å²) in [5.74, 6) is -1.69. The molecular formula is C18H12N4O2. The Morgan fingerprint density at radius 1 is 0.875 bits per heavy atom. The second-order valence-electron chi connectivity index (χ2n) is 4.95. The Morgan fingerprint density at radius 3 is 2.33 bits per heavy atom. The van der Waals surface area contributed by atoms with Crippen molar-refractivity contribution in [3.63, 3.8) is 0 Å². The number of aromatic nitrogens is 1. The standard InChI is InChI=1S/C18H12N4O2/c19-11-13-5-1-2-8-14(13)21-17(23)18(24)22-15-9-3-6-12-7-4-10-20-16(12)15/h1-10H,(H,21,23)(H,22,24). The van der Waals surface area contributed by atoms with E-state index in [1.54, 1.807) is 48.7 Å². The highest BCUT2D eigenvalue weighted by Gasteiger charge is 2.16. The fraction of sp³-hybridized carbons (Fsp3) is 0. The van der Waals surface area contributed by atoms with E-state index in [1.165, 1.54) is 0 Å². The molecule has 0 radical (unpaired) electrons. The first-order valence-corrected chi connectivity index (χ1v) is 7.14. The molecule has 0 saturated carbocycles. The van der Waals surface area contributed by atoms with Gasteiger partial charge in [-0.2, -0.15) is 5.26 Å². The normalized spacial score (nSPS) is 9.96. The third kappa shape index (κ3) is 3.05. The second-order valence-corrected chi connectivity index (χ2v) is 4.95. The number of nitriles is 1. The van der Waals surface area contributed by atoms with Crippen LogP contribution in [0.15, 0.2) is 60.8 Å². The molecule has 1 aromatic heterocycles. The molecule has 116 valence electrons. The van der Waals surface area contributed by atoms with E-state index in [4.69, 9.17) is 5.26 Å². The monoisotopic (exact) mass is 316 g/mol. The molecule has 2 amide bonds. The van der Waals surface area contributed by atoms with E-state index in [1.807, 2.05) is 18.2 Å². The van der Waals surface area contributed by atoms with E-state index in [-0.39, 0.29) is 11.3 Å². The fourth-order valence-electron chi connectivity index (χ4n) is 2.25. The number of carbonyl (C=O) groups is 2. The first kappa shape index (κ1) is 15.2. The number of rotatable bonds is 2. The molecule has 6 nitrogen and oxygen atoms in total. The molecule has 3 rings (SSSR count). The van der Waals surface area contributed by atoms with Crippen LogP contribution < -0.4 is 10.6 Å². The smallest absolute Gasteiger partial charge is 0.314 e. The molecular weight excluding hydrogens is 304 g/mol. The van der Waals surface area contributed by atoms with Crippen molar-refractivity contribution in [2.45, 2.75) is 0 Å². The van der Waals surface area contributed by atoms with Gasteiger partial charge in [-0.15, -0.1) is 0 Å². The Kier molecular flexibility index (Phi) is 4.17. The lowest BCUT2D eigenvalue weighted by atomic mass is 10.2. The van der Waals surface area contributed by atoms with Gasteiger partial charge >= 0.3 is 11.8 Å². The van der Waals surface area contributed by atoms with Gasteiger partial charge in [-0.05, 0) is 24.3 Å². The van der Waals surface area contributed by atoms with Crippen LogP contribution in [0.5, 0.6) is 0 Å². The van der Waals surface area contributed by atoms with E-state index in [2.05, 4.69) is 15.6 Å². The summed E-state index contributed by atoms with van der Waals surface area (Å²) < 4.78 is 0. The lowest BCUT2D eigenvalue weighted by Crippen LogP contribution is -2.29. The molecule has 0 aliphatic carbocycles. The Bertz CT molecular complexity index is 971. The van der Waals surface area contributed by atoms with Gasteiger partial charge in [0.25, 0.3) is 0 Å². The summed E-state index contributed by atoms with van der Waals surface area (Å²) in [6.45, 7) is 0. The zero-order valence-electron chi connectivity index (χ0n) is 12.5. The zero-order chi connectivity index (χ0) is 16.9. The highest BCUT2D eigenvalue weighted by atomic mass is 16.2. The van der Waals surface area contributed by atoms with Crippen molar-refractivity contribution in [1.29, 1.82) is 5.26 Å². The van der Waals surface area contributed by atoms with Crippen LogP contribution in [-0.2, 0) is 9.59 Å². The summed E-state index contributed by atoms with van der Waals surface area (Å²) in [6, 6.07) is 17.4. The minimum atomic E-state index is -0.856. The molecule has 6 heteroatoms. The second kappa shape index (κ2) is 6.58. The minimum absolute atomic E-state index is 0.283. The van der Waals surface area contributed by atoms with Crippen molar-refractivity contribution < 1.29 is 9.59 Å². The van der Waals surface area contributed by atoms with Crippen LogP contribution in [0.3, 0.4) is 0 Å². The highest BCUT2D eigenvalue weighted by molar-refractivity contribution is 6.44. The molecule has 0 aliphatic rings. The number of amides is 2. The molecule has 0 saturated heterocycles. The quantitative estimate of drug-likeness (QED) is 0.711. The molecule has 0 aliphatic heterocycles. The number of pyridine rings is 1. The Balaban J connectivity index is 1.79. The van der Waals surface area contributed by atoms with Gasteiger partial charge in [0.05, 0.1) is 22.5 Å². The van der Waals surface area contributed by atoms with Crippen molar-refractivity contribution >= 4 is 34.1 Å². The first-order chi connectivity index (χ1) is 11.7. The number of hydrogen-bond donors (Lipinski definition) is 2. The van der Waals surface area contributed by atoms with Crippen molar-refractivity contribution in [3.05, 3.63) is 66.4 Å². The van der Waals surface area contributed by atoms with E-state index in [0.717, 1.165) is 5.39 Å². The maximum Gasteiger partial charge on any atom is 0.314 e. The molecule has 1 heterocycles. The predicted molar refractivity (Wildman–Crippen MR) is 90.2 cm³/mol. The molecule has 0 spiro atoms. The lowest BCUT2D eigenvalue weighted by Gasteiger charge is -2.09. The number of benzene rings is 2.